The van der Waals surface area contributed by atoms with Gasteiger partial charge in [-0.2, -0.15) is 0 Å². The van der Waals surface area contributed by atoms with Crippen LogP contribution in [0.1, 0.15) is 35.0 Å². The van der Waals surface area contributed by atoms with Gasteiger partial charge in [0.15, 0.2) is 0 Å². The molecular formula is C17H16F2N3OPb. The molecule has 0 aliphatic heterocycles. The summed E-state index contributed by atoms with van der Waals surface area (Å²) in [6.07, 6.45) is -1.42. The van der Waals surface area contributed by atoms with E-state index >= 15 is 0 Å². The van der Waals surface area contributed by atoms with Gasteiger partial charge in [0.2, 0.25) is 0 Å². The van der Waals surface area contributed by atoms with Crippen LogP contribution in [0.2, 0.25) is 0 Å². The Hall–Kier alpha value is -1.71. The summed E-state index contributed by atoms with van der Waals surface area (Å²) < 4.78 is 27.5. The molecular weight excluding hydrogens is 507 g/mol. The van der Waals surface area contributed by atoms with E-state index in [1.54, 1.807) is 14.0 Å². The number of carbonyl (C=O) groups is 1. The first-order valence-corrected chi connectivity index (χ1v) is 9.27. The second-order valence-electron chi connectivity index (χ2n) is 5.08. The number of amides is 1. The number of halogens is 2. The van der Waals surface area contributed by atoms with E-state index in [2.05, 4.69) is 9.98 Å². The third-order valence-corrected chi connectivity index (χ3v) is 5.01. The Morgan fingerprint density at radius 2 is 2.00 bits per heavy atom. The molecule has 0 bridgehead atoms. The van der Waals surface area contributed by atoms with Crippen molar-refractivity contribution < 1.29 is 13.6 Å². The average Bonchev–Trinajstić information content (AvgIpc) is 2.61. The summed E-state index contributed by atoms with van der Waals surface area (Å²) in [6, 6.07) is 10.8. The van der Waals surface area contributed by atoms with Gasteiger partial charge < -0.3 is 0 Å². The van der Waals surface area contributed by atoms with E-state index in [0.717, 1.165) is 8.83 Å². The molecule has 1 aromatic heterocycles. The van der Waals surface area contributed by atoms with E-state index < -0.39 is 12.3 Å². The molecule has 0 saturated carbocycles. The zero-order valence-corrected chi connectivity index (χ0v) is 17.2. The second-order valence-corrected chi connectivity index (χ2v) is 6.92. The fourth-order valence-corrected chi connectivity index (χ4v) is 3.14. The van der Waals surface area contributed by atoms with Crippen molar-refractivity contribution in [3.63, 3.8) is 0 Å². The Morgan fingerprint density at radius 3 is 2.58 bits per heavy atom. The summed E-state index contributed by atoms with van der Waals surface area (Å²) >= 11 is 0.658. The van der Waals surface area contributed by atoms with Crippen LogP contribution in [0.3, 0.4) is 0 Å². The number of nitrogens with zero attached hydrogens (tertiary/aromatic N) is 3. The molecule has 0 N–H and O–H groups in total. The average molecular weight is 524 g/mol. The zero-order valence-electron chi connectivity index (χ0n) is 13.3. The van der Waals surface area contributed by atoms with E-state index in [-0.39, 0.29) is 11.3 Å². The van der Waals surface area contributed by atoms with Gasteiger partial charge in [-0.25, -0.2) is 0 Å². The number of alkyl halides is 2. The van der Waals surface area contributed by atoms with Gasteiger partial charge in [-0.1, -0.05) is 0 Å². The van der Waals surface area contributed by atoms with Crippen molar-refractivity contribution in [2.24, 2.45) is 4.99 Å². The van der Waals surface area contributed by atoms with Crippen LogP contribution in [0.5, 0.6) is 0 Å². The molecule has 7 heteroatoms. The molecule has 0 spiro atoms. The van der Waals surface area contributed by atoms with E-state index in [0.29, 0.717) is 38.0 Å². The first-order valence-electron chi connectivity index (χ1n) is 7.33. The van der Waals surface area contributed by atoms with Crippen LogP contribution in [0.15, 0.2) is 47.6 Å². The van der Waals surface area contributed by atoms with E-state index in [9.17, 15) is 13.6 Å². The molecule has 24 heavy (non-hydrogen) atoms. The van der Waals surface area contributed by atoms with E-state index in [4.69, 9.17) is 0 Å². The van der Waals surface area contributed by atoms with Gasteiger partial charge in [-0.15, -0.1) is 0 Å². The number of rotatable bonds is 5. The van der Waals surface area contributed by atoms with Crippen molar-refractivity contribution in [1.82, 2.24) is 9.88 Å². The zero-order chi connectivity index (χ0) is 17.7. The Balaban J connectivity index is 2.41. The Labute approximate surface area is 155 Å². The fraction of sp³-hybridized carbons (Fsp3) is 0.235. The van der Waals surface area contributed by atoms with Crippen LogP contribution in [-0.4, -0.2) is 58.4 Å². The quantitative estimate of drug-likeness (QED) is 0.446. The molecule has 4 nitrogen and oxygen atoms in total. The summed E-state index contributed by atoms with van der Waals surface area (Å²) in [5, 5.41) is 0. The van der Waals surface area contributed by atoms with Crippen molar-refractivity contribution in [3.05, 3.63) is 59.4 Å². The predicted octanol–water partition coefficient (Wildman–Crippen LogP) is 3.36. The molecule has 0 atom stereocenters. The van der Waals surface area contributed by atoms with Crippen LogP contribution in [0.25, 0.3) is 0 Å². The standard InChI is InChI=1S/C17H16F2N3O.Pb/c1-3-22(2)17(23)15-14(16(18)19)9-13(11-21-15)20-10-12-7-5-4-6-8-12;/h4-9,11,16H,3H2,1-2H3;. The molecule has 123 valence electrons. The molecule has 1 aromatic carbocycles. The minimum absolute atomic E-state index is 0.220. The summed E-state index contributed by atoms with van der Waals surface area (Å²) in [5.41, 5.74) is 0.676. The topological polar surface area (TPSA) is 45.6 Å². The van der Waals surface area contributed by atoms with Gasteiger partial charge in [-0.05, 0) is 0 Å². The molecule has 0 aliphatic rings. The van der Waals surface area contributed by atoms with E-state index in [1.165, 1.54) is 17.2 Å². The summed E-state index contributed by atoms with van der Waals surface area (Å²) in [5.74, 6) is -0.516. The monoisotopic (exact) mass is 524 g/mol. The van der Waals surface area contributed by atoms with Gasteiger partial charge >= 0.3 is 155 Å². The first kappa shape index (κ1) is 18.6. The van der Waals surface area contributed by atoms with E-state index in [1.807, 2.05) is 30.3 Å². The summed E-state index contributed by atoms with van der Waals surface area (Å²) in [6.45, 7) is 2.19. The maximum absolute atomic E-state index is 13.3. The number of benzene rings is 1. The number of hydrogen-bond donors (Lipinski definition) is 0. The predicted molar refractivity (Wildman–Crippen MR) is 90.2 cm³/mol. The molecule has 0 aliphatic carbocycles. The summed E-state index contributed by atoms with van der Waals surface area (Å²) in [4.78, 5) is 21.9. The maximum atomic E-state index is 13.3. The molecule has 1 amide bonds. The Kier molecular flexibility index (Phi) is 6.53. The van der Waals surface area contributed by atoms with Crippen molar-refractivity contribution in [3.8, 4) is 0 Å². The van der Waals surface area contributed by atoms with Crippen molar-refractivity contribution in [1.29, 1.82) is 0 Å². The molecule has 0 unspecified atom stereocenters. The number of pyridine rings is 1. The number of aromatic nitrogens is 1. The van der Waals surface area contributed by atoms with Crippen molar-refractivity contribution in [2.75, 3.05) is 13.6 Å². The van der Waals surface area contributed by atoms with Gasteiger partial charge in [0, 0.05) is 0 Å². The third-order valence-electron chi connectivity index (χ3n) is 3.45. The van der Waals surface area contributed by atoms with Gasteiger partial charge in [-0.3, -0.25) is 0 Å². The van der Waals surface area contributed by atoms with Gasteiger partial charge in [0.25, 0.3) is 0 Å². The van der Waals surface area contributed by atoms with Crippen LogP contribution < -0.4 is 0 Å². The van der Waals surface area contributed by atoms with Crippen LogP contribution in [-0.2, 0) is 0 Å². The number of aliphatic imine (C=N–C) groups is 1. The molecule has 2 rings (SSSR count). The van der Waals surface area contributed by atoms with Gasteiger partial charge in [0.05, 0.1) is 0 Å². The molecule has 0 fully saturated rings. The SMILES string of the molecule is CCN(C)C(=O)c1ncc(N=[C]([Pb])c2ccccc2)cc1C(F)F. The fourth-order valence-electron chi connectivity index (χ4n) is 1.99. The van der Waals surface area contributed by atoms with Crippen molar-refractivity contribution in [2.45, 2.75) is 13.3 Å². The van der Waals surface area contributed by atoms with Crippen molar-refractivity contribution >= 4 is 40.6 Å². The Bertz CT molecular complexity index is 751. The molecule has 1 heterocycles. The number of carbonyl (C=O) groups excluding carboxylic acids is 1. The molecule has 0 saturated heterocycles. The normalized spacial score (nSPS) is 11.7. The molecule has 3 radical (unpaired) electrons. The minimum atomic E-state index is -2.79. The second kappa shape index (κ2) is 8.41. The Morgan fingerprint density at radius 1 is 1.33 bits per heavy atom. The van der Waals surface area contributed by atoms with Crippen LogP contribution >= 0.6 is 0 Å². The van der Waals surface area contributed by atoms with Crippen LogP contribution in [0, 0.1) is 0 Å². The molecule has 2 aromatic rings. The third kappa shape index (κ3) is 4.43. The first-order chi connectivity index (χ1) is 11.4. The summed E-state index contributed by atoms with van der Waals surface area (Å²) in [7, 11) is 1.55. The van der Waals surface area contributed by atoms with Crippen LogP contribution in [0.4, 0.5) is 14.5 Å². The number of hydrogen-bond acceptors (Lipinski definition) is 3. The van der Waals surface area contributed by atoms with Gasteiger partial charge in [0.1, 0.15) is 0 Å².